The Morgan fingerprint density at radius 3 is 3.00 bits per heavy atom. The average molecular weight is 247 g/mol. The lowest BCUT2D eigenvalue weighted by Crippen LogP contribution is -2.48. The summed E-state index contributed by atoms with van der Waals surface area (Å²) in [4.78, 5) is 6.87. The van der Waals surface area contributed by atoms with Crippen molar-refractivity contribution in [2.24, 2.45) is 5.92 Å². The van der Waals surface area contributed by atoms with E-state index in [4.69, 9.17) is 0 Å². The molecule has 1 N–H and O–H groups in total. The first kappa shape index (κ1) is 13.3. The molecule has 0 aromatic carbocycles. The first-order chi connectivity index (χ1) is 8.72. The van der Waals surface area contributed by atoms with Gasteiger partial charge >= 0.3 is 0 Å². The van der Waals surface area contributed by atoms with Crippen LogP contribution in [0.15, 0.2) is 18.3 Å². The van der Waals surface area contributed by atoms with Crippen LogP contribution in [0.3, 0.4) is 0 Å². The van der Waals surface area contributed by atoms with Crippen LogP contribution in [-0.2, 0) is 0 Å². The third-order valence-electron chi connectivity index (χ3n) is 3.88. The largest absolute Gasteiger partial charge is 0.370 e. The van der Waals surface area contributed by atoms with Crippen molar-refractivity contribution >= 4 is 5.69 Å². The fraction of sp³-hybridized carbons (Fsp3) is 0.667. The second-order valence-corrected chi connectivity index (χ2v) is 5.38. The van der Waals surface area contributed by atoms with Crippen LogP contribution < -0.4 is 10.2 Å². The summed E-state index contributed by atoms with van der Waals surface area (Å²) in [6.07, 6.45) is 4.32. The van der Waals surface area contributed by atoms with Crippen LogP contribution in [-0.4, -0.2) is 30.7 Å². The van der Waals surface area contributed by atoms with Crippen LogP contribution in [0.4, 0.5) is 5.69 Å². The van der Waals surface area contributed by atoms with Gasteiger partial charge in [0.2, 0.25) is 0 Å². The predicted octanol–water partition coefficient (Wildman–Crippen LogP) is 2.60. The van der Waals surface area contributed by atoms with E-state index in [0.717, 1.165) is 25.3 Å². The molecular weight excluding hydrogens is 222 g/mol. The van der Waals surface area contributed by atoms with Crippen molar-refractivity contribution in [2.45, 2.75) is 39.7 Å². The van der Waals surface area contributed by atoms with E-state index in [1.54, 1.807) is 0 Å². The van der Waals surface area contributed by atoms with Gasteiger partial charge in [0, 0.05) is 25.3 Å². The minimum atomic E-state index is 0.679. The highest BCUT2D eigenvalue weighted by molar-refractivity contribution is 5.50. The zero-order chi connectivity index (χ0) is 13.0. The molecule has 1 saturated heterocycles. The summed E-state index contributed by atoms with van der Waals surface area (Å²) >= 11 is 0. The highest BCUT2D eigenvalue weighted by atomic mass is 15.2. The molecule has 1 aromatic heterocycles. The maximum Gasteiger partial charge on any atom is 0.0605 e. The number of aromatic nitrogens is 1. The van der Waals surface area contributed by atoms with Crippen molar-refractivity contribution in [1.82, 2.24) is 10.3 Å². The molecule has 2 atom stereocenters. The number of pyridine rings is 1. The lowest BCUT2D eigenvalue weighted by atomic mass is 9.93. The summed E-state index contributed by atoms with van der Waals surface area (Å²) in [5.74, 6) is 0.699. The van der Waals surface area contributed by atoms with Crippen LogP contribution in [0.1, 0.15) is 32.4 Å². The topological polar surface area (TPSA) is 28.2 Å². The Balaban J connectivity index is 1.98. The molecule has 0 bridgehead atoms. The van der Waals surface area contributed by atoms with Gasteiger partial charge < -0.3 is 10.2 Å². The SMILES string of the molecule is CCCNC1CCN(c2cccnc2C)CC1C. The van der Waals surface area contributed by atoms with E-state index >= 15 is 0 Å². The van der Waals surface area contributed by atoms with Crippen molar-refractivity contribution in [2.75, 3.05) is 24.5 Å². The van der Waals surface area contributed by atoms with Crippen molar-refractivity contribution in [3.8, 4) is 0 Å². The summed E-state index contributed by atoms with van der Waals surface area (Å²) in [5, 5.41) is 3.67. The van der Waals surface area contributed by atoms with Crippen molar-refractivity contribution in [3.05, 3.63) is 24.0 Å². The van der Waals surface area contributed by atoms with Crippen LogP contribution in [0.5, 0.6) is 0 Å². The highest BCUT2D eigenvalue weighted by Crippen LogP contribution is 2.24. The Kier molecular flexibility index (Phi) is 4.59. The Labute approximate surface area is 111 Å². The molecule has 1 aliphatic rings. The quantitative estimate of drug-likeness (QED) is 0.886. The molecule has 2 heterocycles. The van der Waals surface area contributed by atoms with Crippen LogP contribution in [0.25, 0.3) is 0 Å². The molecular formula is C15H25N3. The fourth-order valence-corrected chi connectivity index (χ4v) is 2.81. The van der Waals surface area contributed by atoms with Gasteiger partial charge in [0.25, 0.3) is 0 Å². The first-order valence-corrected chi connectivity index (χ1v) is 7.12. The predicted molar refractivity (Wildman–Crippen MR) is 77.0 cm³/mol. The van der Waals surface area contributed by atoms with Gasteiger partial charge in [0.15, 0.2) is 0 Å². The monoisotopic (exact) mass is 247 g/mol. The van der Waals surface area contributed by atoms with Crippen LogP contribution in [0, 0.1) is 12.8 Å². The summed E-state index contributed by atoms with van der Waals surface area (Å²) < 4.78 is 0. The molecule has 3 heteroatoms. The standard InChI is InChI=1S/C15H25N3/c1-4-8-17-14-7-10-18(11-12(14)2)15-6-5-9-16-13(15)3/h5-6,9,12,14,17H,4,7-8,10-11H2,1-3H3. The molecule has 1 fully saturated rings. The summed E-state index contributed by atoms with van der Waals surface area (Å²) in [6.45, 7) is 10.1. The molecule has 0 saturated carbocycles. The molecule has 100 valence electrons. The minimum Gasteiger partial charge on any atom is -0.370 e. The van der Waals surface area contributed by atoms with E-state index in [-0.39, 0.29) is 0 Å². The molecule has 1 aromatic rings. The number of nitrogens with one attached hydrogen (secondary N) is 1. The second-order valence-electron chi connectivity index (χ2n) is 5.38. The van der Waals surface area contributed by atoms with Gasteiger partial charge in [0.05, 0.1) is 11.4 Å². The van der Waals surface area contributed by atoms with Crippen LogP contribution >= 0.6 is 0 Å². The van der Waals surface area contributed by atoms with E-state index < -0.39 is 0 Å². The highest BCUT2D eigenvalue weighted by Gasteiger charge is 2.26. The molecule has 0 amide bonds. The zero-order valence-corrected chi connectivity index (χ0v) is 11.8. The maximum absolute atomic E-state index is 4.39. The van der Waals surface area contributed by atoms with Crippen LogP contribution in [0.2, 0.25) is 0 Å². The molecule has 18 heavy (non-hydrogen) atoms. The molecule has 0 radical (unpaired) electrons. The molecule has 0 aliphatic carbocycles. The van der Waals surface area contributed by atoms with Gasteiger partial charge in [-0.15, -0.1) is 0 Å². The Morgan fingerprint density at radius 2 is 2.33 bits per heavy atom. The van der Waals surface area contributed by atoms with Crippen molar-refractivity contribution in [3.63, 3.8) is 0 Å². The summed E-state index contributed by atoms with van der Waals surface area (Å²) in [6, 6.07) is 4.90. The van der Waals surface area contributed by atoms with Crippen molar-refractivity contribution < 1.29 is 0 Å². The minimum absolute atomic E-state index is 0.679. The molecule has 1 aliphatic heterocycles. The van der Waals surface area contributed by atoms with E-state index in [9.17, 15) is 0 Å². The zero-order valence-electron chi connectivity index (χ0n) is 11.8. The van der Waals surface area contributed by atoms with Gasteiger partial charge in [-0.25, -0.2) is 0 Å². The second kappa shape index (κ2) is 6.19. The van der Waals surface area contributed by atoms with Gasteiger partial charge in [-0.3, -0.25) is 4.98 Å². The lowest BCUT2D eigenvalue weighted by molar-refractivity contribution is 0.322. The Hall–Kier alpha value is -1.09. The number of rotatable bonds is 4. The summed E-state index contributed by atoms with van der Waals surface area (Å²) in [7, 11) is 0. The number of hydrogen-bond acceptors (Lipinski definition) is 3. The fourth-order valence-electron chi connectivity index (χ4n) is 2.81. The molecule has 0 spiro atoms. The molecule has 2 rings (SSSR count). The van der Waals surface area contributed by atoms with Gasteiger partial charge in [-0.1, -0.05) is 13.8 Å². The van der Waals surface area contributed by atoms with Gasteiger partial charge in [-0.05, 0) is 44.4 Å². The number of hydrogen-bond donors (Lipinski definition) is 1. The lowest BCUT2D eigenvalue weighted by Gasteiger charge is -2.39. The third kappa shape index (κ3) is 3.02. The van der Waals surface area contributed by atoms with Gasteiger partial charge in [0.1, 0.15) is 0 Å². The molecule has 2 unspecified atom stereocenters. The van der Waals surface area contributed by atoms with Crippen molar-refractivity contribution in [1.29, 1.82) is 0 Å². The van der Waals surface area contributed by atoms with E-state index in [2.05, 4.69) is 42.0 Å². The number of aryl methyl sites for hydroxylation is 1. The number of nitrogens with zero attached hydrogens (tertiary/aromatic N) is 2. The first-order valence-electron chi connectivity index (χ1n) is 7.12. The maximum atomic E-state index is 4.39. The Morgan fingerprint density at radius 1 is 1.50 bits per heavy atom. The van der Waals surface area contributed by atoms with Gasteiger partial charge in [-0.2, -0.15) is 0 Å². The molecule has 3 nitrogen and oxygen atoms in total. The third-order valence-corrected chi connectivity index (χ3v) is 3.88. The van der Waals surface area contributed by atoms with E-state index in [0.29, 0.717) is 12.0 Å². The Bertz CT molecular complexity index is 378. The number of anilines is 1. The normalized spacial score (nSPS) is 24.3. The average Bonchev–Trinajstić information content (AvgIpc) is 2.38. The number of piperidine rings is 1. The van der Waals surface area contributed by atoms with E-state index in [1.165, 1.54) is 18.5 Å². The van der Waals surface area contributed by atoms with E-state index in [1.807, 2.05) is 12.3 Å². The smallest absolute Gasteiger partial charge is 0.0605 e. The summed E-state index contributed by atoms with van der Waals surface area (Å²) in [5.41, 5.74) is 2.45.